The van der Waals surface area contributed by atoms with E-state index in [2.05, 4.69) is 59.6 Å². The Balaban J connectivity index is 0.00000132. The fraction of sp³-hybridized carbons (Fsp3) is 0.333. The molecule has 2 aromatic rings. The normalized spacial score (nSPS) is 16.3. The number of phenols is 1. The summed E-state index contributed by atoms with van der Waals surface area (Å²) >= 11 is 8.79. The number of hydrogen-bond donors (Lipinski definition) is 2. The molecule has 1 fully saturated rings. The smallest absolute Gasteiger partial charge is 0.136 e. The number of aromatic hydroxyl groups is 1. The van der Waals surface area contributed by atoms with E-state index in [9.17, 15) is 5.11 Å². The zero-order valence-corrected chi connectivity index (χ0v) is 17.8. The van der Waals surface area contributed by atoms with Crippen molar-refractivity contribution in [3.8, 4) is 5.75 Å². The first kappa shape index (κ1) is 21.2. The average molecular weight is 505 g/mol. The van der Waals surface area contributed by atoms with Crippen molar-refractivity contribution in [2.24, 2.45) is 0 Å². The van der Waals surface area contributed by atoms with Gasteiger partial charge in [0.25, 0.3) is 0 Å². The summed E-state index contributed by atoms with van der Waals surface area (Å²) < 4.78 is 1.68. The van der Waals surface area contributed by atoms with Crippen molar-refractivity contribution in [3.05, 3.63) is 49.0 Å². The number of nitrogens with zero attached hydrogens (tertiary/aromatic N) is 1. The van der Waals surface area contributed by atoms with Gasteiger partial charge in [0, 0.05) is 41.1 Å². The van der Waals surface area contributed by atoms with E-state index in [4.69, 9.17) is 0 Å². The van der Waals surface area contributed by atoms with Crippen molar-refractivity contribution in [2.45, 2.75) is 6.04 Å². The highest BCUT2D eigenvalue weighted by molar-refractivity contribution is 9.11. The summed E-state index contributed by atoms with van der Waals surface area (Å²) in [6.45, 7) is 3.91. The molecule has 2 heterocycles. The van der Waals surface area contributed by atoms with Gasteiger partial charge >= 0.3 is 0 Å². The van der Waals surface area contributed by atoms with Crippen LogP contribution < -0.4 is 5.32 Å². The fourth-order valence-electron chi connectivity index (χ4n) is 2.71. The second-order valence-electron chi connectivity index (χ2n) is 5.00. The summed E-state index contributed by atoms with van der Waals surface area (Å²) in [5.74, 6) is 0.321. The molecule has 1 aliphatic heterocycles. The van der Waals surface area contributed by atoms with Crippen molar-refractivity contribution >= 4 is 68.0 Å². The predicted molar refractivity (Wildman–Crippen MR) is 109 cm³/mol. The Morgan fingerprint density at radius 3 is 2.35 bits per heavy atom. The first-order valence-corrected chi connectivity index (χ1v) is 9.30. The van der Waals surface area contributed by atoms with Gasteiger partial charge in [-0.05, 0) is 39.5 Å². The summed E-state index contributed by atoms with van der Waals surface area (Å²) in [7, 11) is 0. The minimum atomic E-state index is 0. The van der Waals surface area contributed by atoms with Crippen molar-refractivity contribution in [1.82, 2.24) is 10.2 Å². The lowest BCUT2D eigenvalue weighted by molar-refractivity contribution is 0.197. The molecule has 1 saturated heterocycles. The van der Waals surface area contributed by atoms with Crippen molar-refractivity contribution in [2.75, 3.05) is 26.2 Å². The molecular formula is C15H18Br2Cl2N2OS. The molecule has 0 unspecified atom stereocenters. The maximum atomic E-state index is 10.6. The zero-order valence-electron chi connectivity index (χ0n) is 12.2. The van der Waals surface area contributed by atoms with Gasteiger partial charge in [-0.2, -0.15) is 0 Å². The van der Waals surface area contributed by atoms with E-state index >= 15 is 0 Å². The summed E-state index contributed by atoms with van der Waals surface area (Å²) in [5.41, 5.74) is 0.939. The first-order chi connectivity index (χ1) is 10.2. The SMILES string of the molecule is Cl.Cl.Oc1c(Br)ccc(Br)c1[C@H](c1cccs1)N1CCNCC1. The Morgan fingerprint density at radius 1 is 1.09 bits per heavy atom. The molecule has 1 aliphatic rings. The van der Waals surface area contributed by atoms with E-state index in [1.165, 1.54) is 4.88 Å². The van der Waals surface area contributed by atoms with E-state index < -0.39 is 0 Å². The molecule has 0 spiro atoms. The minimum Gasteiger partial charge on any atom is -0.506 e. The van der Waals surface area contributed by atoms with Crippen LogP contribution in [0.15, 0.2) is 38.6 Å². The van der Waals surface area contributed by atoms with Gasteiger partial charge in [-0.1, -0.05) is 22.0 Å². The highest BCUT2D eigenvalue weighted by Crippen LogP contribution is 2.43. The molecule has 3 rings (SSSR count). The maximum absolute atomic E-state index is 10.6. The van der Waals surface area contributed by atoms with Gasteiger partial charge in [0.2, 0.25) is 0 Å². The Kier molecular flexibility index (Phi) is 8.87. The molecular weight excluding hydrogens is 487 g/mol. The third-order valence-corrected chi connectivity index (χ3v) is 5.97. The fourth-order valence-corrected chi connectivity index (χ4v) is 4.46. The minimum absolute atomic E-state index is 0. The second-order valence-corrected chi connectivity index (χ2v) is 7.68. The van der Waals surface area contributed by atoms with Gasteiger partial charge < -0.3 is 10.4 Å². The van der Waals surface area contributed by atoms with Crippen LogP contribution in [0.1, 0.15) is 16.5 Å². The number of hydrogen-bond acceptors (Lipinski definition) is 4. The number of piperazine rings is 1. The summed E-state index contributed by atoms with van der Waals surface area (Å²) in [4.78, 5) is 3.68. The zero-order chi connectivity index (χ0) is 14.8. The molecule has 23 heavy (non-hydrogen) atoms. The molecule has 0 amide bonds. The molecule has 8 heteroatoms. The van der Waals surface area contributed by atoms with Crippen molar-refractivity contribution in [3.63, 3.8) is 0 Å². The van der Waals surface area contributed by atoms with Crippen molar-refractivity contribution in [1.29, 1.82) is 0 Å². The summed E-state index contributed by atoms with van der Waals surface area (Å²) in [6, 6.07) is 8.15. The molecule has 128 valence electrons. The van der Waals surface area contributed by atoms with Gasteiger partial charge in [0.1, 0.15) is 5.75 Å². The van der Waals surface area contributed by atoms with Gasteiger partial charge in [-0.15, -0.1) is 36.2 Å². The second kappa shape index (κ2) is 9.61. The van der Waals surface area contributed by atoms with E-state index in [-0.39, 0.29) is 30.9 Å². The third kappa shape index (κ3) is 4.63. The molecule has 2 N–H and O–H groups in total. The molecule has 3 nitrogen and oxygen atoms in total. The quantitative estimate of drug-likeness (QED) is 0.629. The Bertz CT molecular complexity index is 622. The number of phenolic OH excluding ortho intramolecular Hbond substituents is 1. The van der Waals surface area contributed by atoms with Crippen LogP contribution in [0.4, 0.5) is 0 Å². The van der Waals surface area contributed by atoms with E-state index in [0.29, 0.717) is 5.75 Å². The Hall–Kier alpha value is 0.180. The molecule has 0 aliphatic carbocycles. The van der Waals surface area contributed by atoms with Crippen LogP contribution in [0.3, 0.4) is 0 Å². The van der Waals surface area contributed by atoms with Crippen LogP contribution in [0, 0.1) is 0 Å². The molecule has 1 atom stereocenters. The van der Waals surface area contributed by atoms with Gasteiger partial charge in [-0.3, -0.25) is 4.90 Å². The van der Waals surface area contributed by atoms with Gasteiger partial charge in [0.05, 0.1) is 10.5 Å². The van der Waals surface area contributed by atoms with Gasteiger partial charge in [0.15, 0.2) is 0 Å². The number of nitrogens with one attached hydrogen (secondary N) is 1. The lowest BCUT2D eigenvalue weighted by Crippen LogP contribution is -2.45. The Labute approximate surface area is 169 Å². The van der Waals surface area contributed by atoms with E-state index in [0.717, 1.165) is 40.7 Å². The standard InChI is InChI=1S/C15H16Br2N2OS.2ClH/c16-10-3-4-11(17)15(20)13(10)14(12-2-1-9-21-12)19-7-5-18-6-8-19;;/h1-4,9,14,18,20H,5-8H2;2*1H/t14-;;/m0../s1. The van der Waals surface area contributed by atoms with Crippen LogP contribution in [-0.2, 0) is 0 Å². The molecule has 1 aromatic carbocycles. The van der Waals surface area contributed by atoms with Crippen LogP contribution >= 0.6 is 68.0 Å². The number of benzene rings is 1. The summed E-state index contributed by atoms with van der Waals surface area (Å²) in [5, 5.41) is 16.0. The Morgan fingerprint density at radius 2 is 1.74 bits per heavy atom. The van der Waals surface area contributed by atoms with Crippen molar-refractivity contribution < 1.29 is 5.11 Å². The largest absolute Gasteiger partial charge is 0.506 e. The number of thiophene rings is 1. The highest BCUT2D eigenvalue weighted by atomic mass is 79.9. The van der Waals surface area contributed by atoms with Crippen LogP contribution in [0.5, 0.6) is 5.75 Å². The number of halogens is 4. The first-order valence-electron chi connectivity index (χ1n) is 6.83. The van der Waals surface area contributed by atoms with Crippen LogP contribution in [-0.4, -0.2) is 36.2 Å². The lowest BCUT2D eigenvalue weighted by atomic mass is 10.0. The molecule has 0 bridgehead atoms. The summed E-state index contributed by atoms with van der Waals surface area (Å²) in [6.07, 6.45) is 0. The molecule has 0 saturated carbocycles. The van der Waals surface area contributed by atoms with E-state index in [1.807, 2.05) is 12.1 Å². The highest BCUT2D eigenvalue weighted by Gasteiger charge is 2.29. The van der Waals surface area contributed by atoms with Crippen LogP contribution in [0.25, 0.3) is 0 Å². The average Bonchev–Trinajstić information content (AvgIpc) is 3.02. The maximum Gasteiger partial charge on any atom is 0.136 e. The monoisotopic (exact) mass is 502 g/mol. The number of rotatable bonds is 3. The third-order valence-electron chi connectivity index (χ3n) is 3.72. The van der Waals surface area contributed by atoms with Gasteiger partial charge in [-0.25, -0.2) is 0 Å². The van der Waals surface area contributed by atoms with Crippen LogP contribution in [0.2, 0.25) is 0 Å². The lowest BCUT2D eigenvalue weighted by Gasteiger charge is -2.35. The topological polar surface area (TPSA) is 35.5 Å². The predicted octanol–water partition coefficient (Wildman–Crippen LogP) is 4.82. The van der Waals surface area contributed by atoms with E-state index in [1.54, 1.807) is 11.3 Å². The molecule has 0 radical (unpaired) electrons. The molecule has 1 aromatic heterocycles.